The average Bonchev–Trinajstić information content (AvgIpc) is 2.28. The number of hydrogen-bond acceptors (Lipinski definition) is 4. The van der Waals surface area contributed by atoms with Gasteiger partial charge in [0.25, 0.3) is 0 Å². The Balaban J connectivity index is 2.94. The van der Waals surface area contributed by atoms with Gasteiger partial charge in [-0.3, -0.25) is 4.79 Å². The number of nitriles is 1. The maximum Gasteiger partial charge on any atom is 0.191 e. The van der Waals surface area contributed by atoms with Gasteiger partial charge in [-0.15, -0.1) is 0 Å². The van der Waals surface area contributed by atoms with Gasteiger partial charge in [0.2, 0.25) is 0 Å². The molecule has 1 rings (SSSR count). The van der Waals surface area contributed by atoms with Crippen LogP contribution in [0.5, 0.6) is 0 Å². The first-order chi connectivity index (χ1) is 8.36. The molecule has 0 saturated heterocycles. The Morgan fingerprint density at radius 2 is 1.83 bits per heavy atom. The molecular weight excluding hydrogens is 250 g/mol. The summed E-state index contributed by atoms with van der Waals surface area (Å²) in [7, 11) is -3.55. The van der Waals surface area contributed by atoms with E-state index in [0.29, 0.717) is 12.0 Å². The van der Waals surface area contributed by atoms with Gasteiger partial charge in [-0.25, -0.2) is 8.42 Å². The number of hydrogen-bond donors (Lipinski definition) is 0. The Kier molecular flexibility index (Phi) is 4.62. The maximum atomic E-state index is 11.7. The molecule has 0 saturated carbocycles. The number of Topliss-reactive ketones (excluding diaryl/α,β-unsaturated/α-hetero) is 1. The van der Waals surface area contributed by atoms with E-state index < -0.39 is 15.6 Å². The van der Waals surface area contributed by atoms with Crippen LogP contribution in [0, 0.1) is 17.2 Å². The van der Waals surface area contributed by atoms with E-state index in [9.17, 15) is 13.2 Å². The summed E-state index contributed by atoms with van der Waals surface area (Å²) in [6.45, 7) is 3.90. The first-order valence-electron chi connectivity index (χ1n) is 5.60. The summed E-state index contributed by atoms with van der Waals surface area (Å²) in [5.41, 5.74) is 0.500. The third kappa shape index (κ3) is 3.67. The van der Waals surface area contributed by atoms with Crippen LogP contribution in [0.2, 0.25) is 0 Å². The summed E-state index contributed by atoms with van der Waals surface area (Å²) >= 11 is 0. The molecule has 0 fully saturated rings. The lowest BCUT2D eigenvalue weighted by molar-refractivity contribution is 0.0968. The Morgan fingerprint density at radius 3 is 2.28 bits per heavy atom. The lowest BCUT2D eigenvalue weighted by Crippen LogP contribution is -2.07. The van der Waals surface area contributed by atoms with Crippen LogP contribution in [0.15, 0.2) is 29.2 Å². The fraction of sp³-hybridized carbons (Fsp3) is 0.385. The standard InChI is InChI=1S/C13H15NO3S/c1-10(2)9-13(15)11-3-5-12(6-4-11)18(16,17)8-7-14/h3-6,10H,8-9H2,1-2H3. The van der Waals surface area contributed by atoms with Crippen LogP contribution < -0.4 is 0 Å². The SMILES string of the molecule is CC(C)CC(=O)c1ccc(S(=O)(=O)CC#N)cc1. The molecule has 1 aromatic carbocycles. The Bertz CT molecular complexity index is 565. The van der Waals surface area contributed by atoms with E-state index in [4.69, 9.17) is 5.26 Å². The second kappa shape index (κ2) is 5.78. The predicted octanol–water partition coefficient (Wildman–Crippen LogP) is 2.21. The fourth-order valence-electron chi connectivity index (χ4n) is 1.51. The Hall–Kier alpha value is -1.67. The summed E-state index contributed by atoms with van der Waals surface area (Å²) in [5, 5.41) is 8.42. The van der Waals surface area contributed by atoms with Gasteiger partial charge in [-0.2, -0.15) is 5.26 Å². The van der Waals surface area contributed by atoms with E-state index in [0.717, 1.165) is 0 Å². The summed E-state index contributed by atoms with van der Waals surface area (Å²) in [5.74, 6) is -0.291. The molecule has 96 valence electrons. The zero-order valence-electron chi connectivity index (χ0n) is 10.4. The smallest absolute Gasteiger partial charge is 0.191 e. The molecule has 5 heteroatoms. The highest BCUT2D eigenvalue weighted by molar-refractivity contribution is 7.91. The van der Waals surface area contributed by atoms with Gasteiger partial charge in [-0.05, 0) is 18.1 Å². The van der Waals surface area contributed by atoms with Crippen molar-refractivity contribution < 1.29 is 13.2 Å². The molecule has 0 N–H and O–H groups in total. The van der Waals surface area contributed by atoms with Crippen molar-refractivity contribution in [3.8, 4) is 6.07 Å². The quantitative estimate of drug-likeness (QED) is 0.765. The lowest BCUT2D eigenvalue weighted by Gasteiger charge is -2.05. The number of carbonyl (C=O) groups excluding carboxylic acids is 1. The highest BCUT2D eigenvalue weighted by atomic mass is 32.2. The molecule has 0 heterocycles. The van der Waals surface area contributed by atoms with Crippen molar-refractivity contribution in [1.82, 2.24) is 0 Å². The lowest BCUT2D eigenvalue weighted by atomic mass is 10.0. The van der Waals surface area contributed by atoms with Gasteiger partial charge in [0.1, 0.15) is 5.75 Å². The second-order valence-corrected chi connectivity index (χ2v) is 6.45. The summed E-state index contributed by atoms with van der Waals surface area (Å²) in [6.07, 6.45) is 0.435. The van der Waals surface area contributed by atoms with Crippen LogP contribution in [0.4, 0.5) is 0 Å². The van der Waals surface area contributed by atoms with Crippen molar-refractivity contribution in [3.63, 3.8) is 0 Å². The van der Waals surface area contributed by atoms with Gasteiger partial charge in [-0.1, -0.05) is 26.0 Å². The molecule has 18 heavy (non-hydrogen) atoms. The van der Waals surface area contributed by atoms with Crippen LogP contribution >= 0.6 is 0 Å². The molecule has 0 radical (unpaired) electrons. The molecule has 0 spiro atoms. The van der Waals surface area contributed by atoms with Crippen LogP contribution in [0.1, 0.15) is 30.6 Å². The van der Waals surface area contributed by atoms with Crippen molar-refractivity contribution in [2.75, 3.05) is 5.75 Å². The number of ketones is 1. The van der Waals surface area contributed by atoms with Crippen molar-refractivity contribution in [2.45, 2.75) is 25.2 Å². The van der Waals surface area contributed by atoms with Crippen molar-refractivity contribution in [3.05, 3.63) is 29.8 Å². The van der Waals surface area contributed by atoms with Gasteiger partial charge < -0.3 is 0 Å². The number of sulfone groups is 1. The summed E-state index contributed by atoms with van der Waals surface area (Å²) in [4.78, 5) is 11.8. The molecule has 1 aromatic rings. The summed E-state index contributed by atoms with van der Waals surface area (Å²) < 4.78 is 23.2. The van der Waals surface area contributed by atoms with Crippen molar-refractivity contribution in [1.29, 1.82) is 5.26 Å². The zero-order chi connectivity index (χ0) is 13.8. The first-order valence-corrected chi connectivity index (χ1v) is 7.25. The molecule has 0 bridgehead atoms. The minimum atomic E-state index is -3.55. The minimum Gasteiger partial charge on any atom is -0.294 e. The van der Waals surface area contributed by atoms with Gasteiger partial charge in [0.15, 0.2) is 15.6 Å². The molecule has 0 aliphatic heterocycles. The van der Waals surface area contributed by atoms with Crippen molar-refractivity contribution >= 4 is 15.6 Å². The highest BCUT2D eigenvalue weighted by Gasteiger charge is 2.15. The second-order valence-electron chi connectivity index (χ2n) is 4.46. The molecule has 0 aromatic heterocycles. The topological polar surface area (TPSA) is 75.0 Å². The monoisotopic (exact) mass is 265 g/mol. The van der Waals surface area contributed by atoms with E-state index in [1.165, 1.54) is 24.3 Å². The minimum absolute atomic E-state index is 0.00534. The number of rotatable bonds is 5. The summed E-state index contributed by atoms with van der Waals surface area (Å²) in [6, 6.07) is 7.36. The van der Waals surface area contributed by atoms with E-state index >= 15 is 0 Å². The molecule has 0 aliphatic carbocycles. The van der Waals surface area contributed by atoms with E-state index in [1.54, 1.807) is 6.07 Å². The first kappa shape index (κ1) is 14.4. The predicted molar refractivity (Wildman–Crippen MR) is 67.9 cm³/mol. The molecule has 0 amide bonds. The maximum absolute atomic E-state index is 11.7. The molecule has 0 unspecified atom stereocenters. The third-order valence-corrected chi connectivity index (χ3v) is 3.88. The Labute approximate surface area is 107 Å². The Morgan fingerprint density at radius 1 is 1.28 bits per heavy atom. The fourth-order valence-corrected chi connectivity index (χ4v) is 2.39. The number of carbonyl (C=O) groups is 1. The number of benzene rings is 1. The normalized spacial score (nSPS) is 11.2. The number of nitrogens with zero attached hydrogens (tertiary/aromatic N) is 1. The van der Waals surface area contributed by atoms with Crippen molar-refractivity contribution in [2.24, 2.45) is 5.92 Å². The van der Waals surface area contributed by atoms with Crippen LogP contribution in [-0.2, 0) is 9.84 Å². The van der Waals surface area contributed by atoms with Gasteiger partial charge in [0, 0.05) is 12.0 Å². The highest BCUT2D eigenvalue weighted by Crippen LogP contribution is 2.15. The average molecular weight is 265 g/mol. The van der Waals surface area contributed by atoms with E-state index in [-0.39, 0.29) is 16.6 Å². The van der Waals surface area contributed by atoms with Gasteiger partial charge >= 0.3 is 0 Å². The molecule has 0 atom stereocenters. The van der Waals surface area contributed by atoms with E-state index in [2.05, 4.69) is 0 Å². The van der Waals surface area contributed by atoms with E-state index in [1.807, 2.05) is 13.8 Å². The van der Waals surface area contributed by atoms with Gasteiger partial charge in [0.05, 0.1) is 11.0 Å². The molecule has 0 aliphatic rings. The zero-order valence-corrected chi connectivity index (χ0v) is 11.2. The third-order valence-electron chi connectivity index (χ3n) is 2.38. The largest absolute Gasteiger partial charge is 0.294 e. The van der Waals surface area contributed by atoms with Crippen LogP contribution in [0.3, 0.4) is 0 Å². The van der Waals surface area contributed by atoms with Crippen LogP contribution in [-0.4, -0.2) is 20.0 Å². The molecular formula is C13H15NO3S. The molecule has 4 nitrogen and oxygen atoms in total. The van der Waals surface area contributed by atoms with Crippen LogP contribution in [0.25, 0.3) is 0 Å².